The second-order valence-corrected chi connectivity index (χ2v) is 3.08. The highest BCUT2D eigenvalue weighted by molar-refractivity contribution is 4.80. The Morgan fingerprint density at radius 2 is 1.50 bits per heavy atom. The summed E-state index contributed by atoms with van der Waals surface area (Å²) in [5.41, 5.74) is -0.518. The van der Waals surface area contributed by atoms with Gasteiger partial charge in [0, 0.05) is 5.54 Å². The number of hydrogen-bond acceptors (Lipinski definition) is 1. The van der Waals surface area contributed by atoms with Crippen LogP contribution in [0.25, 0.3) is 0 Å². The first-order valence-corrected chi connectivity index (χ1v) is 2.89. The molecule has 0 aromatic heterocycles. The van der Waals surface area contributed by atoms with E-state index in [4.69, 9.17) is 0 Å². The van der Waals surface area contributed by atoms with Crippen LogP contribution in [0.1, 0.15) is 20.8 Å². The maximum Gasteiger partial charge on any atom is 0.405 e. The summed E-state index contributed by atoms with van der Waals surface area (Å²) >= 11 is 0. The zero-order valence-corrected chi connectivity index (χ0v) is 6.21. The van der Waals surface area contributed by atoms with Gasteiger partial charge < -0.3 is 0 Å². The van der Waals surface area contributed by atoms with Gasteiger partial charge in [0.15, 0.2) is 0 Å². The first-order chi connectivity index (χ1) is 4.21. The molecular formula is C6H11F3N. The summed E-state index contributed by atoms with van der Waals surface area (Å²) in [6.07, 6.45) is -4.23. The van der Waals surface area contributed by atoms with Crippen LogP contribution in [-0.2, 0) is 0 Å². The Morgan fingerprint density at radius 3 is 1.60 bits per heavy atom. The lowest BCUT2D eigenvalue weighted by molar-refractivity contribution is -0.103. The van der Waals surface area contributed by atoms with Gasteiger partial charge in [-0.3, -0.25) is 5.32 Å². The molecule has 61 valence electrons. The van der Waals surface area contributed by atoms with Crippen molar-refractivity contribution in [2.45, 2.75) is 32.5 Å². The summed E-state index contributed by atoms with van der Waals surface area (Å²) in [7, 11) is 0. The molecule has 0 heterocycles. The molecule has 1 N–H and O–H groups in total. The Labute approximate surface area is 58.6 Å². The van der Waals surface area contributed by atoms with E-state index in [1.165, 1.54) is 0 Å². The van der Waals surface area contributed by atoms with Crippen molar-refractivity contribution < 1.29 is 13.2 Å². The molecule has 0 aliphatic heterocycles. The van der Waals surface area contributed by atoms with Crippen molar-refractivity contribution in [1.82, 2.24) is 5.32 Å². The van der Waals surface area contributed by atoms with Gasteiger partial charge in [-0.15, -0.1) is 0 Å². The van der Waals surface area contributed by atoms with Gasteiger partial charge in [-0.2, -0.15) is 13.2 Å². The van der Waals surface area contributed by atoms with E-state index in [0.29, 0.717) is 0 Å². The number of rotatable bonds is 1. The van der Waals surface area contributed by atoms with Crippen LogP contribution >= 0.6 is 0 Å². The SMILES string of the molecule is CC(C)(C)N[CH]C(F)(F)F. The van der Waals surface area contributed by atoms with E-state index >= 15 is 0 Å². The fraction of sp³-hybridized carbons (Fsp3) is 0.833. The maximum atomic E-state index is 11.5. The highest BCUT2D eigenvalue weighted by atomic mass is 19.4. The van der Waals surface area contributed by atoms with Crippen molar-refractivity contribution in [1.29, 1.82) is 0 Å². The van der Waals surface area contributed by atoms with Gasteiger partial charge in [0.05, 0.1) is 0 Å². The molecule has 0 aliphatic rings. The highest BCUT2D eigenvalue weighted by Gasteiger charge is 2.29. The third-order valence-electron chi connectivity index (χ3n) is 0.669. The smallest absolute Gasteiger partial charge is 0.300 e. The highest BCUT2D eigenvalue weighted by Crippen LogP contribution is 2.17. The summed E-state index contributed by atoms with van der Waals surface area (Å²) in [6, 6.07) is 0. The van der Waals surface area contributed by atoms with E-state index in [1.807, 2.05) is 0 Å². The van der Waals surface area contributed by atoms with Gasteiger partial charge in [-0.1, -0.05) is 0 Å². The molecule has 4 heteroatoms. The Hall–Kier alpha value is -0.250. The first-order valence-electron chi connectivity index (χ1n) is 2.89. The summed E-state index contributed by atoms with van der Waals surface area (Å²) < 4.78 is 34.4. The van der Waals surface area contributed by atoms with Crippen molar-refractivity contribution in [3.8, 4) is 0 Å². The summed E-state index contributed by atoms with van der Waals surface area (Å²) in [6.45, 7) is 5.13. The molecule has 1 nitrogen and oxygen atoms in total. The van der Waals surface area contributed by atoms with Crippen LogP contribution < -0.4 is 5.32 Å². The van der Waals surface area contributed by atoms with Gasteiger partial charge in [0.2, 0.25) is 0 Å². The zero-order chi connectivity index (χ0) is 8.41. The second kappa shape index (κ2) is 2.78. The molecule has 0 atom stereocenters. The third-order valence-corrected chi connectivity index (χ3v) is 0.669. The monoisotopic (exact) mass is 154 g/mol. The molecule has 1 radical (unpaired) electrons. The lowest BCUT2D eigenvalue weighted by Crippen LogP contribution is -2.37. The molecule has 0 rings (SSSR count). The van der Waals surface area contributed by atoms with Crippen molar-refractivity contribution in [3.63, 3.8) is 0 Å². The topological polar surface area (TPSA) is 12.0 Å². The molecule has 0 bridgehead atoms. The van der Waals surface area contributed by atoms with Gasteiger partial charge in [0.25, 0.3) is 0 Å². The summed E-state index contributed by atoms with van der Waals surface area (Å²) in [4.78, 5) is 0. The van der Waals surface area contributed by atoms with Crippen LogP contribution in [-0.4, -0.2) is 11.7 Å². The number of alkyl halides is 3. The molecule has 0 amide bonds. The van der Waals surface area contributed by atoms with Crippen molar-refractivity contribution >= 4 is 0 Å². The van der Waals surface area contributed by atoms with Crippen molar-refractivity contribution in [3.05, 3.63) is 6.54 Å². The Kier molecular flexibility index (Phi) is 2.71. The first kappa shape index (κ1) is 9.75. The van der Waals surface area contributed by atoms with E-state index in [1.54, 1.807) is 20.8 Å². The second-order valence-electron chi connectivity index (χ2n) is 3.08. The Balaban J connectivity index is 3.56. The van der Waals surface area contributed by atoms with Gasteiger partial charge >= 0.3 is 6.18 Å². The summed E-state index contributed by atoms with van der Waals surface area (Å²) in [5, 5.41) is 2.21. The average Bonchev–Trinajstić information content (AvgIpc) is 1.57. The molecule has 10 heavy (non-hydrogen) atoms. The Bertz CT molecular complexity index is 86.5. The molecule has 0 aromatic rings. The zero-order valence-electron chi connectivity index (χ0n) is 6.21. The van der Waals surface area contributed by atoms with E-state index in [9.17, 15) is 13.2 Å². The van der Waals surface area contributed by atoms with Crippen LogP contribution in [0.3, 0.4) is 0 Å². The van der Waals surface area contributed by atoms with E-state index in [-0.39, 0.29) is 6.54 Å². The van der Waals surface area contributed by atoms with Crippen molar-refractivity contribution in [2.75, 3.05) is 0 Å². The molecule has 0 unspecified atom stereocenters. The molecular weight excluding hydrogens is 143 g/mol. The number of hydrogen-bond donors (Lipinski definition) is 1. The number of halogens is 3. The van der Waals surface area contributed by atoms with E-state index < -0.39 is 11.7 Å². The van der Waals surface area contributed by atoms with Crippen molar-refractivity contribution in [2.24, 2.45) is 0 Å². The fourth-order valence-electron chi connectivity index (χ4n) is 0.298. The predicted molar refractivity (Wildman–Crippen MR) is 33.2 cm³/mol. The molecule has 0 aliphatic carbocycles. The molecule has 0 saturated carbocycles. The minimum absolute atomic E-state index is 0.146. The van der Waals surface area contributed by atoms with Crippen LogP contribution in [0.2, 0.25) is 0 Å². The standard InChI is InChI=1S/C6H11F3N/c1-5(2,3)10-4-6(7,8)9/h4,10H,1-3H3. The molecule has 0 saturated heterocycles. The van der Waals surface area contributed by atoms with E-state index in [2.05, 4.69) is 5.32 Å². The lowest BCUT2D eigenvalue weighted by atomic mass is 10.1. The van der Waals surface area contributed by atoms with Gasteiger partial charge in [-0.05, 0) is 20.8 Å². The summed E-state index contributed by atoms with van der Waals surface area (Å²) in [5.74, 6) is 0. The van der Waals surface area contributed by atoms with Crippen LogP contribution in [0, 0.1) is 6.54 Å². The number of nitrogens with one attached hydrogen (secondary N) is 1. The molecule has 0 spiro atoms. The normalized spacial score (nSPS) is 13.8. The fourth-order valence-corrected chi connectivity index (χ4v) is 0.298. The minimum Gasteiger partial charge on any atom is -0.300 e. The predicted octanol–water partition coefficient (Wildman–Crippen LogP) is 2.10. The molecule has 0 fully saturated rings. The largest absolute Gasteiger partial charge is 0.405 e. The quantitative estimate of drug-likeness (QED) is 0.609. The van der Waals surface area contributed by atoms with Crippen LogP contribution in [0.15, 0.2) is 0 Å². The average molecular weight is 154 g/mol. The van der Waals surface area contributed by atoms with Crippen LogP contribution in [0.5, 0.6) is 0 Å². The van der Waals surface area contributed by atoms with Crippen LogP contribution in [0.4, 0.5) is 13.2 Å². The van der Waals surface area contributed by atoms with E-state index in [0.717, 1.165) is 0 Å². The minimum atomic E-state index is -4.23. The lowest BCUT2D eigenvalue weighted by Gasteiger charge is -2.20. The van der Waals surface area contributed by atoms with Gasteiger partial charge in [-0.25, -0.2) is 0 Å². The third kappa shape index (κ3) is 7.75. The van der Waals surface area contributed by atoms with Gasteiger partial charge in [0.1, 0.15) is 6.54 Å². The molecule has 0 aromatic carbocycles. The maximum absolute atomic E-state index is 11.5. The Morgan fingerprint density at radius 1 is 1.10 bits per heavy atom.